The van der Waals surface area contributed by atoms with E-state index < -0.39 is 28.4 Å². The van der Waals surface area contributed by atoms with Gasteiger partial charge in [0.15, 0.2) is 0 Å². The second-order valence-electron chi connectivity index (χ2n) is 10.4. The van der Waals surface area contributed by atoms with Crippen LogP contribution in [0.15, 0.2) is 61.7 Å². The molecule has 40 heavy (non-hydrogen) atoms. The number of carbonyl (C=O) groups excluding carboxylic acids is 3. The first-order chi connectivity index (χ1) is 18.9. The largest absolute Gasteiger partial charge is 0.417 e. The molecule has 3 rings (SSSR count). The number of rotatable bonds is 11. The summed E-state index contributed by atoms with van der Waals surface area (Å²) >= 11 is 6.27. The molecule has 0 atom stereocenters. The van der Waals surface area contributed by atoms with Crippen LogP contribution in [0.5, 0.6) is 5.75 Å². The zero-order valence-corrected chi connectivity index (χ0v) is 23.6. The van der Waals surface area contributed by atoms with E-state index in [0.717, 1.165) is 4.90 Å². The maximum atomic E-state index is 13.5. The summed E-state index contributed by atoms with van der Waals surface area (Å²) in [4.78, 5) is 55.0. The molecule has 0 aromatic heterocycles. The minimum Gasteiger partial charge on any atom is -0.417 e. The fourth-order valence-electron chi connectivity index (χ4n) is 4.27. The summed E-state index contributed by atoms with van der Waals surface area (Å²) in [6, 6.07) is 9.02. The number of nitrogens with zero attached hydrogens (tertiary/aromatic N) is 4. The molecule has 10 nitrogen and oxygen atoms in total. The van der Waals surface area contributed by atoms with Crippen LogP contribution in [0.2, 0.25) is 5.02 Å². The van der Waals surface area contributed by atoms with E-state index in [9.17, 15) is 24.5 Å². The molecule has 1 heterocycles. The minimum absolute atomic E-state index is 0.00679. The first-order valence-electron chi connectivity index (χ1n) is 12.8. The molecule has 0 N–H and O–H groups in total. The lowest BCUT2D eigenvalue weighted by molar-refractivity contribution is -0.385. The van der Waals surface area contributed by atoms with Crippen molar-refractivity contribution in [3.8, 4) is 5.75 Å². The maximum Gasteiger partial charge on any atom is 0.317 e. The monoisotopic (exact) mass is 568 g/mol. The summed E-state index contributed by atoms with van der Waals surface area (Å²) < 4.78 is 5.46. The van der Waals surface area contributed by atoms with Crippen molar-refractivity contribution in [1.29, 1.82) is 0 Å². The van der Waals surface area contributed by atoms with Crippen molar-refractivity contribution in [2.45, 2.75) is 33.6 Å². The van der Waals surface area contributed by atoms with Crippen molar-refractivity contribution in [3.63, 3.8) is 0 Å². The lowest BCUT2D eigenvalue weighted by Gasteiger charge is -2.36. The number of anilines is 3. The van der Waals surface area contributed by atoms with Gasteiger partial charge in [-0.2, -0.15) is 0 Å². The second kappa shape index (κ2) is 12.8. The van der Waals surface area contributed by atoms with Crippen molar-refractivity contribution >= 4 is 52.1 Å². The lowest BCUT2D eigenvalue weighted by Crippen LogP contribution is -2.55. The van der Waals surface area contributed by atoms with Gasteiger partial charge in [-0.25, -0.2) is 0 Å². The molecule has 2 amide bonds. The molecule has 2 aromatic rings. The number of nitro groups is 1. The molecular formula is C29H33ClN4O6. The predicted octanol–water partition coefficient (Wildman–Crippen LogP) is 5.54. The molecule has 0 saturated carbocycles. The highest BCUT2D eigenvalue weighted by Gasteiger charge is 2.38. The van der Waals surface area contributed by atoms with Crippen LogP contribution in [0.4, 0.5) is 22.7 Å². The molecule has 0 bridgehead atoms. The van der Waals surface area contributed by atoms with Gasteiger partial charge in [0.25, 0.3) is 0 Å². The van der Waals surface area contributed by atoms with E-state index in [0.29, 0.717) is 35.9 Å². The fourth-order valence-corrected chi connectivity index (χ4v) is 4.44. The van der Waals surface area contributed by atoms with Crippen LogP contribution in [0, 0.1) is 15.5 Å². The third-order valence-electron chi connectivity index (χ3n) is 6.24. The summed E-state index contributed by atoms with van der Waals surface area (Å²) in [5, 5.41) is 12.2. The predicted molar refractivity (Wildman–Crippen MR) is 156 cm³/mol. The summed E-state index contributed by atoms with van der Waals surface area (Å²) in [6.07, 6.45) is 3.94. The van der Waals surface area contributed by atoms with Gasteiger partial charge in [0.05, 0.1) is 22.0 Å². The molecule has 1 fully saturated rings. The van der Waals surface area contributed by atoms with Gasteiger partial charge in [-0.3, -0.25) is 29.4 Å². The van der Waals surface area contributed by atoms with Crippen LogP contribution in [0.3, 0.4) is 0 Å². The van der Waals surface area contributed by atoms with Gasteiger partial charge in [-0.1, -0.05) is 50.6 Å². The summed E-state index contributed by atoms with van der Waals surface area (Å²) in [6.45, 7) is 14.4. The molecule has 0 radical (unpaired) electrons. The van der Waals surface area contributed by atoms with E-state index in [2.05, 4.69) is 13.2 Å². The van der Waals surface area contributed by atoms with Crippen LogP contribution in [0.25, 0.3) is 0 Å². The van der Waals surface area contributed by atoms with Crippen molar-refractivity contribution in [3.05, 3.63) is 76.8 Å². The van der Waals surface area contributed by atoms with Crippen molar-refractivity contribution in [2.75, 3.05) is 40.9 Å². The SMILES string of the molecule is C=CCN(CC=C)c1ccc(Cl)cc1N1CCN(c2cccc([N+](=O)[O-])c2OC(=O)CCC(C)(C)C)C(=O)C1=O. The van der Waals surface area contributed by atoms with E-state index in [1.165, 1.54) is 23.1 Å². The van der Waals surface area contributed by atoms with Crippen LogP contribution in [-0.2, 0) is 14.4 Å². The third-order valence-corrected chi connectivity index (χ3v) is 6.48. The van der Waals surface area contributed by atoms with Crippen LogP contribution in [-0.4, -0.2) is 48.9 Å². The summed E-state index contributed by atoms with van der Waals surface area (Å²) in [7, 11) is 0. The van der Waals surface area contributed by atoms with Crippen molar-refractivity contribution in [2.24, 2.45) is 5.41 Å². The van der Waals surface area contributed by atoms with Gasteiger partial charge in [0.2, 0.25) is 5.75 Å². The van der Waals surface area contributed by atoms with Gasteiger partial charge >= 0.3 is 23.5 Å². The smallest absolute Gasteiger partial charge is 0.317 e. The standard InChI is InChI=1S/C29H33ClN4O6/c1-6-15-31(16-7-2)21-12-11-20(30)19-24(21)33-18-17-32(27(36)28(33)37)22-9-8-10-23(34(38)39)26(22)40-25(35)13-14-29(3,4)5/h6-12,19H,1-2,13-18H2,3-5H3. The Hall–Kier alpha value is -4.18. The number of hydrogen-bond acceptors (Lipinski definition) is 7. The highest BCUT2D eigenvalue weighted by Crippen LogP contribution is 2.40. The quantitative estimate of drug-likeness (QED) is 0.0873. The summed E-state index contributed by atoms with van der Waals surface area (Å²) in [5.74, 6) is -2.82. The van der Waals surface area contributed by atoms with Gasteiger partial charge in [-0.15, -0.1) is 13.2 Å². The Bertz CT molecular complexity index is 1330. The number of benzene rings is 2. The lowest BCUT2D eigenvalue weighted by atomic mass is 9.91. The highest BCUT2D eigenvalue weighted by molar-refractivity contribution is 6.46. The zero-order chi connectivity index (χ0) is 29.6. The number of hydrogen-bond donors (Lipinski definition) is 0. The maximum absolute atomic E-state index is 13.5. The highest BCUT2D eigenvalue weighted by atomic mass is 35.5. The number of nitro benzene ring substituents is 1. The topological polar surface area (TPSA) is 113 Å². The molecular weight excluding hydrogens is 536 g/mol. The number of carbonyl (C=O) groups is 3. The average Bonchev–Trinajstić information content (AvgIpc) is 2.89. The van der Waals surface area contributed by atoms with Crippen molar-refractivity contribution < 1.29 is 24.0 Å². The Kier molecular flexibility index (Phi) is 9.70. The number of ether oxygens (including phenoxy) is 1. The van der Waals surface area contributed by atoms with Crippen LogP contribution in [0.1, 0.15) is 33.6 Å². The number of piperazine rings is 1. The molecule has 1 aliphatic rings. The molecule has 11 heteroatoms. The first-order valence-corrected chi connectivity index (χ1v) is 13.1. The van der Waals surface area contributed by atoms with Gasteiger partial charge in [0, 0.05) is 43.7 Å². The van der Waals surface area contributed by atoms with Crippen LogP contribution < -0.4 is 19.4 Å². The number of halogens is 1. The van der Waals surface area contributed by atoms with E-state index in [1.54, 1.807) is 30.4 Å². The normalized spacial score (nSPS) is 13.7. The third kappa shape index (κ3) is 7.06. The van der Waals surface area contributed by atoms with Crippen molar-refractivity contribution in [1.82, 2.24) is 0 Å². The van der Waals surface area contributed by atoms with Gasteiger partial charge in [0.1, 0.15) is 0 Å². The number of para-hydroxylation sites is 1. The number of amides is 2. The van der Waals surface area contributed by atoms with Gasteiger partial charge < -0.3 is 14.5 Å². The molecule has 212 valence electrons. The molecule has 1 saturated heterocycles. The number of esters is 1. The molecule has 0 unspecified atom stereocenters. The fraction of sp³-hybridized carbons (Fsp3) is 0.345. The van der Waals surface area contributed by atoms with E-state index in [4.69, 9.17) is 16.3 Å². The van der Waals surface area contributed by atoms with E-state index in [-0.39, 0.29) is 36.4 Å². The van der Waals surface area contributed by atoms with E-state index >= 15 is 0 Å². The minimum atomic E-state index is -0.927. The molecule has 1 aliphatic heterocycles. The van der Waals surface area contributed by atoms with E-state index in [1.807, 2.05) is 25.7 Å². The summed E-state index contributed by atoms with van der Waals surface area (Å²) in [5.41, 5.74) is 0.424. The average molecular weight is 569 g/mol. The Morgan fingerprint density at radius 1 is 1.07 bits per heavy atom. The zero-order valence-electron chi connectivity index (χ0n) is 22.9. The molecule has 0 aliphatic carbocycles. The second-order valence-corrected chi connectivity index (χ2v) is 10.9. The Morgan fingerprint density at radius 3 is 2.23 bits per heavy atom. The Labute approximate surface area is 238 Å². The van der Waals surface area contributed by atoms with Gasteiger partial charge in [-0.05, 0) is 36.1 Å². The van der Waals surface area contributed by atoms with Crippen LogP contribution >= 0.6 is 11.6 Å². The first kappa shape index (κ1) is 30.4. The molecule has 0 spiro atoms. The Morgan fingerprint density at radius 2 is 1.68 bits per heavy atom. The Balaban J connectivity index is 1.97. The molecule has 2 aromatic carbocycles.